The second kappa shape index (κ2) is 3.43. The summed E-state index contributed by atoms with van der Waals surface area (Å²) in [5.41, 5.74) is 2.49. The van der Waals surface area contributed by atoms with Gasteiger partial charge in [-0.05, 0) is 19.1 Å². The summed E-state index contributed by atoms with van der Waals surface area (Å²) >= 11 is 0. The van der Waals surface area contributed by atoms with E-state index in [-0.39, 0.29) is 11.1 Å². The second-order valence-corrected chi connectivity index (χ2v) is 3.83. The van der Waals surface area contributed by atoms with Crippen LogP contribution in [0.25, 0.3) is 11.1 Å². The molecule has 17 heavy (non-hydrogen) atoms. The fourth-order valence-electron chi connectivity index (χ4n) is 1.24. The molecule has 0 bridgehead atoms. The van der Waals surface area contributed by atoms with Crippen LogP contribution in [0.4, 0.5) is 17.6 Å². The fourth-order valence-corrected chi connectivity index (χ4v) is 1.24. The van der Waals surface area contributed by atoms with Crippen LogP contribution in [0.3, 0.4) is 0 Å². The van der Waals surface area contributed by atoms with Gasteiger partial charge in [-0.3, -0.25) is 0 Å². The van der Waals surface area contributed by atoms with Crippen molar-refractivity contribution >= 4 is 11.1 Å². The largest absolute Gasteiger partial charge is 0.438 e. The summed E-state index contributed by atoms with van der Waals surface area (Å²) in [6.45, 7) is 0.744. The van der Waals surface area contributed by atoms with Crippen LogP contribution in [-0.2, 0) is 5.54 Å². The van der Waals surface area contributed by atoms with Crippen molar-refractivity contribution in [2.75, 3.05) is 0 Å². The Hall–Kier alpha value is -1.63. The highest BCUT2D eigenvalue weighted by Crippen LogP contribution is 2.36. The monoisotopic (exact) mass is 248 g/mol. The number of oxazole rings is 1. The molecule has 1 atom stereocenters. The summed E-state index contributed by atoms with van der Waals surface area (Å²) in [7, 11) is 0. The van der Waals surface area contributed by atoms with Gasteiger partial charge in [-0.2, -0.15) is 13.2 Å². The molecule has 1 aromatic carbocycles. The van der Waals surface area contributed by atoms with Gasteiger partial charge in [0.1, 0.15) is 11.3 Å². The van der Waals surface area contributed by atoms with Gasteiger partial charge >= 0.3 is 6.18 Å². The summed E-state index contributed by atoms with van der Waals surface area (Å²) in [6.07, 6.45) is -4.70. The van der Waals surface area contributed by atoms with Gasteiger partial charge in [-0.25, -0.2) is 9.37 Å². The highest BCUT2D eigenvalue weighted by Gasteiger charge is 2.53. The SMILES string of the molecule is CC(N)(c1nc2cc(F)ccc2o1)C(F)(F)F. The lowest BCUT2D eigenvalue weighted by molar-refractivity contribution is -0.189. The Morgan fingerprint density at radius 3 is 2.53 bits per heavy atom. The number of aromatic nitrogens is 1. The number of halogens is 4. The standard InChI is InChI=1S/C10H8F4N2O/c1-9(15,10(12,13)14)8-16-6-4-5(11)2-3-7(6)17-8/h2-4H,15H2,1H3. The predicted octanol–water partition coefficient (Wildman–Crippen LogP) is 2.70. The maximum absolute atomic E-state index is 12.8. The summed E-state index contributed by atoms with van der Waals surface area (Å²) in [6, 6.07) is 3.25. The van der Waals surface area contributed by atoms with E-state index in [1.54, 1.807) is 0 Å². The van der Waals surface area contributed by atoms with Crippen molar-refractivity contribution in [2.45, 2.75) is 18.6 Å². The van der Waals surface area contributed by atoms with Crippen molar-refractivity contribution in [3.8, 4) is 0 Å². The minimum absolute atomic E-state index is 0.000856. The first-order chi connectivity index (χ1) is 7.72. The number of benzene rings is 1. The van der Waals surface area contributed by atoms with Crippen LogP contribution in [-0.4, -0.2) is 11.2 Å². The molecule has 2 rings (SSSR count). The van der Waals surface area contributed by atoms with E-state index in [0.717, 1.165) is 19.1 Å². The average molecular weight is 248 g/mol. The van der Waals surface area contributed by atoms with Crippen LogP contribution in [0.2, 0.25) is 0 Å². The highest BCUT2D eigenvalue weighted by molar-refractivity contribution is 5.72. The zero-order chi connectivity index (χ0) is 12.8. The Balaban J connectivity index is 2.57. The Bertz CT molecular complexity index is 559. The average Bonchev–Trinajstić information content (AvgIpc) is 2.58. The number of fused-ring (bicyclic) bond motifs is 1. The number of hydrogen-bond donors (Lipinski definition) is 1. The molecule has 0 amide bonds. The van der Waals surface area contributed by atoms with E-state index in [1.165, 1.54) is 6.07 Å². The van der Waals surface area contributed by atoms with E-state index in [9.17, 15) is 17.6 Å². The molecule has 7 heteroatoms. The van der Waals surface area contributed by atoms with Crippen LogP contribution in [0, 0.1) is 5.82 Å². The van der Waals surface area contributed by atoms with Gasteiger partial charge in [0.05, 0.1) is 0 Å². The van der Waals surface area contributed by atoms with Crippen LogP contribution < -0.4 is 5.73 Å². The molecular weight excluding hydrogens is 240 g/mol. The topological polar surface area (TPSA) is 52.0 Å². The summed E-state index contributed by atoms with van der Waals surface area (Å²) < 4.78 is 55.6. The molecule has 1 aromatic heterocycles. The summed E-state index contributed by atoms with van der Waals surface area (Å²) in [5.74, 6) is -1.30. The summed E-state index contributed by atoms with van der Waals surface area (Å²) in [5, 5.41) is 0. The van der Waals surface area contributed by atoms with Crippen LogP contribution >= 0.6 is 0 Å². The van der Waals surface area contributed by atoms with E-state index in [1.807, 2.05) is 0 Å². The summed E-state index contributed by atoms with van der Waals surface area (Å²) in [4.78, 5) is 3.56. The van der Waals surface area contributed by atoms with Gasteiger partial charge < -0.3 is 10.2 Å². The first-order valence-electron chi connectivity index (χ1n) is 4.64. The maximum atomic E-state index is 12.8. The van der Waals surface area contributed by atoms with E-state index in [4.69, 9.17) is 10.2 Å². The molecule has 0 fully saturated rings. The Morgan fingerprint density at radius 2 is 1.94 bits per heavy atom. The molecule has 1 unspecified atom stereocenters. The number of hydrogen-bond acceptors (Lipinski definition) is 3. The van der Waals surface area contributed by atoms with Gasteiger partial charge in [0.25, 0.3) is 0 Å². The molecule has 3 nitrogen and oxygen atoms in total. The lowest BCUT2D eigenvalue weighted by Crippen LogP contribution is -2.47. The molecule has 0 spiro atoms. The number of nitrogens with zero attached hydrogens (tertiary/aromatic N) is 1. The zero-order valence-corrected chi connectivity index (χ0v) is 8.68. The molecule has 2 aromatic rings. The normalized spacial score (nSPS) is 16.1. The molecule has 0 aliphatic carbocycles. The van der Waals surface area contributed by atoms with Crippen molar-refractivity contribution in [3.05, 3.63) is 29.9 Å². The predicted molar refractivity (Wildman–Crippen MR) is 51.6 cm³/mol. The van der Waals surface area contributed by atoms with Crippen molar-refractivity contribution in [1.29, 1.82) is 0 Å². The van der Waals surface area contributed by atoms with Crippen LogP contribution in [0.1, 0.15) is 12.8 Å². The Kier molecular flexibility index (Phi) is 2.39. The van der Waals surface area contributed by atoms with Crippen molar-refractivity contribution in [3.63, 3.8) is 0 Å². The van der Waals surface area contributed by atoms with Crippen LogP contribution in [0.5, 0.6) is 0 Å². The fraction of sp³-hybridized carbons (Fsp3) is 0.300. The third kappa shape index (κ3) is 1.86. The third-order valence-electron chi connectivity index (χ3n) is 2.38. The van der Waals surface area contributed by atoms with Crippen molar-refractivity contribution < 1.29 is 22.0 Å². The Morgan fingerprint density at radius 1 is 1.29 bits per heavy atom. The zero-order valence-electron chi connectivity index (χ0n) is 8.68. The quantitative estimate of drug-likeness (QED) is 0.789. The number of alkyl halides is 3. The van der Waals surface area contributed by atoms with Gasteiger partial charge in [0.15, 0.2) is 11.1 Å². The molecule has 92 valence electrons. The van der Waals surface area contributed by atoms with Crippen LogP contribution in [0.15, 0.2) is 22.6 Å². The molecule has 0 aliphatic heterocycles. The molecule has 0 saturated heterocycles. The first-order valence-corrected chi connectivity index (χ1v) is 4.64. The van der Waals surface area contributed by atoms with Gasteiger partial charge in [-0.1, -0.05) is 0 Å². The van der Waals surface area contributed by atoms with E-state index in [2.05, 4.69) is 4.98 Å². The lowest BCUT2D eigenvalue weighted by atomic mass is 10.0. The second-order valence-electron chi connectivity index (χ2n) is 3.83. The lowest BCUT2D eigenvalue weighted by Gasteiger charge is -2.23. The molecule has 0 radical (unpaired) electrons. The van der Waals surface area contributed by atoms with E-state index < -0.39 is 23.4 Å². The molecule has 0 aliphatic rings. The van der Waals surface area contributed by atoms with E-state index >= 15 is 0 Å². The van der Waals surface area contributed by atoms with Gasteiger partial charge in [0, 0.05) is 6.07 Å². The molecule has 0 saturated carbocycles. The minimum Gasteiger partial charge on any atom is -0.438 e. The molecule has 2 N–H and O–H groups in total. The number of rotatable bonds is 1. The smallest absolute Gasteiger partial charge is 0.415 e. The third-order valence-corrected chi connectivity index (χ3v) is 2.38. The molecular formula is C10H8F4N2O. The number of nitrogens with two attached hydrogens (primary N) is 1. The van der Waals surface area contributed by atoms with E-state index in [0.29, 0.717) is 0 Å². The minimum atomic E-state index is -4.70. The van der Waals surface area contributed by atoms with Gasteiger partial charge in [0.2, 0.25) is 5.89 Å². The molecule has 1 heterocycles. The highest BCUT2D eigenvalue weighted by atomic mass is 19.4. The Labute approximate surface area is 93.2 Å². The van der Waals surface area contributed by atoms with Gasteiger partial charge in [-0.15, -0.1) is 0 Å². The van der Waals surface area contributed by atoms with Crippen molar-refractivity contribution in [1.82, 2.24) is 4.98 Å². The first kappa shape index (κ1) is 11.8. The maximum Gasteiger partial charge on any atom is 0.415 e. The van der Waals surface area contributed by atoms with Crippen molar-refractivity contribution in [2.24, 2.45) is 5.73 Å².